The van der Waals surface area contributed by atoms with Crippen LogP contribution in [0, 0.1) is 12.3 Å². The minimum Gasteiger partial charge on any atom is -0.384 e. The van der Waals surface area contributed by atoms with E-state index >= 15 is 0 Å². The second-order valence-corrected chi connectivity index (χ2v) is 7.46. The maximum Gasteiger partial charge on any atom is 0.259 e. The second kappa shape index (κ2) is 6.43. The Morgan fingerprint density at radius 2 is 2.14 bits per heavy atom. The highest BCUT2D eigenvalue weighted by atomic mass is 32.2. The first kappa shape index (κ1) is 16.4. The molecule has 0 spiro atoms. The van der Waals surface area contributed by atoms with Crippen LogP contribution in [0.5, 0.6) is 0 Å². The smallest absolute Gasteiger partial charge is 0.259 e. The monoisotopic (exact) mass is 316 g/mol. The van der Waals surface area contributed by atoms with E-state index in [4.69, 9.17) is 4.74 Å². The molecule has 2 heterocycles. The van der Waals surface area contributed by atoms with Crippen LogP contribution in [0.15, 0.2) is 11.2 Å². The van der Waals surface area contributed by atoms with E-state index in [-0.39, 0.29) is 10.4 Å². The molecule has 0 aliphatic carbocycles. The van der Waals surface area contributed by atoms with Crippen molar-refractivity contribution in [1.82, 2.24) is 19.6 Å². The molecule has 1 fully saturated rings. The van der Waals surface area contributed by atoms with Gasteiger partial charge in [-0.1, -0.05) is 0 Å². The molecule has 1 saturated heterocycles. The Bertz CT molecular complexity index is 551. The molecule has 1 aliphatic heterocycles. The van der Waals surface area contributed by atoms with Gasteiger partial charge >= 0.3 is 0 Å². The lowest BCUT2D eigenvalue weighted by Gasteiger charge is -2.37. The van der Waals surface area contributed by atoms with Crippen LogP contribution in [-0.2, 0) is 21.8 Å². The minimum absolute atomic E-state index is 0.0731. The Labute approximate surface area is 126 Å². The number of ether oxygens (including phenoxy) is 1. The third-order valence-corrected chi connectivity index (χ3v) is 5.39. The van der Waals surface area contributed by atoms with Crippen molar-refractivity contribution in [3.05, 3.63) is 12.0 Å². The van der Waals surface area contributed by atoms with Gasteiger partial charge in [0.05, 0.1) is 6.61 Å². The van der Waals surface area contributed by atoms with E-state index in [1.54, 1.807) is 25.6 Å². The van der Waals surface area contributed by atoms with Gasteiger partial charge in [-0.2, -0.15) is 0 Å². The van der Waals surface area contributed by atoms with Crippen LogP contribution in [-0.4, -0.2) is 51.3 Å². The quantitative estimate of drug-likeness (QED) is 0.773. The van der Waals surface area contributed by atoms with E-state index in [2.05, 4.69) is 15.0 Å². The van der Waals surface area contributed by atoms with Crippen LogP contribution >= 0.6 is 0 Å². The molecule has 0 unspecified atom stereocenters. The summed E-state index contributed by atoms with van der Waals surface area (Å²) in [5, 5.41) is 3.36. The van der Waals surface area contributed by atoms with Crippen molar-refractivity contribution in [1.29, 1.82) is 0 Å². The molecule has 2 rings (SSSR count). The number of nitrogens with one attached hydrogen (secondary N) is 2. The van der Waals surface area contributed by atoms with Gasteiger partial charge in [-0.15, -0.1) is 0 Å². The van der Waals surface area contributed by atoms with Crippen molar-refractivity contribution in [3.63, 3.8) is 0 Å². The van der Waals surface area contributed by atoms with E-state index in [1.807, 2.05) is 0 Å². The summed E-state index contributed by atoms with van der Waals surface area (Å²) in [5.41, 5.74) is -0.142. The number of aryl methyl sites for hydroxylation is 2. The first-order valence-corrected chi connectivity index (χ1v) is 8.56. The zero-order valence-electron chi connectivity index (χ0n) is 12.8. The average Bonchev–Trinajstić information content (AvgIpc) is 2.79. The zero-order valence-corrected chi connectivity index (χ0v) is 13.7. The fraction of sp³-hybridized carbons (Fsp3) is 0.769. The molecule has 0 aromatic carbocycles. The summed E-state index contributed by atoms with van der Waals surface area (Å²) >= 11 is 0. The molecule has 7 nitrogen and oxygen atoms in total. The lowest BCUT2D eigenvalue weighted by atomic mass is 9.80. The first-order valence-electron chi connectivity index (χ1n) is 7.08. The largest absolute Gasteiger partial charge is 0.384 e. The van der Waals surface area contributed by atoms with Gasteiger partial charge in [0.2, 0.25) is 0 Å². The maximum absolute atomic E-state index is 12.3. The van der Waals surface area contributed by atoms with Crippen molar-refractivity contribution >= 4 is 10.0 Å². The number of piperidine rings is 1. The SMILES string of the molecule is COCC1(CNS(=O)(=O)c2cn(C)c(C)n2)CCNCC1. The molecular weight excluding hydrogens is 292 g/mol. The summed E-state index contributed by atoms with van der Waals surface area (Å²) in [6.07, 6.45) is 3.32. The third kappa shape index (κ3) is 3.82. The third-order valence-electron chi connectivity index (χ3n) is 4.11. The molecule has 1 aliphatic rings. The van der Waals surface area contributed by atoms with Crippen LogP contribution in [0.3, 0.4) is 0 Å². The lowest BCUT2D eigenvalue weighted by Crippen LogP contribution is -2.47. The summed E-state index contributed by atoms with van der Waals surface area (Å²) in [6.45, 7) is 4.47. The number of sulfonamides is 1. The van der Waals surface area contributed by atoms with Crippen LogP contribution in [0.25, 0.3) is 0 Å². The Kier molecular flexibility index (Phi) is 5.03. The molecule has 0 atom stereocenters. The Hall–Kier alpha value is -0.960. The van der Waals surface area contributed by atoms with E-state index < -0.39 is 10.0 Å². The normalized spacial score (nSPS) is 18.8. The van der Waals surface area contributed by atoms with Gasteiger partial charge in [-0.25, -0.2) is 18.1 Å². The number of hydrogen-bond acceptors (Lipinski definition) is 5. The number of imidazole rings is 1. The van der Waals surface area contributed by atoms with Crippen molar-refractivity contribution in [2.24, 2.45) is 12.5 Å². The molecule has 2 N–H and O–H groups in total. The van der Waals surface area contributed by atoms with Crippen LogP contribution in [0.4, 0.5) is 0 Å². The van der Waals surface area contributed by atoms with E-state index in [0.29, 0.717) is 19.0 Å². The van der Waals surface area contributed by atoms with Gasteiger partial charge in [0.25, 0.3) is 10.0 Å². The van der Waals surface area contributed by atoms with Gasteiger partial charge in [0.1, 0.15) is 5.82 Å². The fourth-order valence-corrected chi connectivity index (χ4v) is 3.81. The standard InChI is InChI=1S/C13H24N4O3S/c1-11-16-12(8-17(11)2)21(18,19)15-9-13(10-20-3)4-6-14-7-5-13/h8,14-15H,4-7,9-10H2,1-3H3. The number of rotatable bonds is 6. The van der Waals surface area contributed by atoms with Gasteiger partial charge in [-0.05, 0) is 32.9 Å². The van der Waals surface area contributed by atoms with Gasteiger partial charge in [0.15, 0.2) is 5.03 Å². The topological polar surface area (TPSA) is 85.2 Å². The number of aromatic nitrogens is 2. The molecule has 0 radical (unpaired) electrons. The highest BCUT2D eigenvalue weighted by Crippen LogP contribution is 2.28. The molecule has 0 saturated carbocycles. The maximum atomic E-state index is 12.3. The molecule has 8 heteroatoms. The Morgan fingerprint density at radius 3 is 2.67 bits per heavy atom. The predicted octanol–water partition coefficient (Wildman–Crippen LogP) is 0.0230. The van der Waals surface area contributed by atoms with Crippen LogP contribution in [0.1, 0.15) is 18.7 Å². The Morgan fingerprint density at radius 1 is 1.48 bits per heavy atom. The van der Waals surface area contributed by atoms with Crippen molar-refractivity contribution < 1.29 is 13.2 Å². The van der Waals surface area contributed by atoms with Crippen molar-refractivity contribution in [3.8, 4) is 0 Å². The molecule has 0 bridgehead atoms. The Balaban J connectivity index is 2.09. The summed E-state index contributed by atoms with van der Waals surface area (Å²) in [4.78, 5) is 4.08. The van der Waals surface area contributed by atoms with E-state index in [1.165, 1.54) is 6.20 Å². The molecule has 1 aromatic rings. The number of hydrogen-bond donors (Lipinski definition) is 2. The minimum atomic E-state index is -3.58. The highest BCUT2D eigenvalue weighted by Gasteiger charge is 2.34. The van der Waals surface area contributed by atoms with Gasteiger partial charge in [0, 0.05) is 32.3 Å². The number of methoxy groups -OCH3 is 1. The molecular formula is C13H24N4O3S. The van der Waals surface area contributed by atoms with Gasteiger partial charge < -0.3 is 14.6 Å². The average molecular weight is 316 g/mol. The fourth-order valence-electron chi connectivity index (χ4n) is 2.61. The summed E-state index contributed by atoms with van der Waals surface area (Å²) in [6, 6.07) is 0. The lowest BCUT2D eigenvalue weighted by molar-refractivity contribution is 0.0577. The van der Waals surface area contributed by atoms with Crippen molar-refractivity contribution in [2.45, 2.75) is 24.8 Å². The molecule has 0 amide bonds. The molecule has 120 valence electrons. The zero-order chi connectivity index (χ0) is 15.5. The second-order valence-electron chi connectivity index (χ2n) is 5.74. The number of nitrogens with zero attached hydrogens (tertiary/aromatic N) is 2. The highest BCUT2D eigenvalue weighted by molar-refractivity contribution is 7.89. The van der Waals surface area contributed by atoms with Crippen LogP contribution < -0.4 is 10.0 Å². The molecule has 1 aromatic heterocycles. The van der Waals surface area contributed by atoms with Crippen LogP contribution in [0.2, 0.25) is 0 Å². The first-order chi connectivity index (χ1) is 9.88. The predicted molar refractivity (Wildman–Crippen MR) is 79.5 cm³/mol. The van der Waals surface area contributed by atoms with E-state index in [0.717, 1.165) is 25.9 Å². The van der Waals surface area contributed by atoms with Crippen molar-refractivity contribution in [2.75, 3.05) is 33.4 Å². The summed E-state index contributed by atoms with van der Waals surface area (Å²) in [5.74, 6) is 0.670. The van der Waals surface area contributed by atoms with Gasteiger partial charge in [-0.3, -0.25) is 0 Å². The summed E-state index contributed by atoms with van der Waals surface area (Å²) in [7, 11) is -0.144. The molecule has 21 heavy (non-hydrogen) atoms. The van der Waals surface area contributed by atoms with E-state index in [9.17, 15) is 8.42 Å². The summed E-state index contributed by atoms with van der Waals surface area (Å²) < 4.78 is 34.4.